The number of carboxylic acid groups (broad SMARTS) is 1. The lowest BCUT2D eigenvalue weighted by Gasteiger charge is -2.20. The Bertz CT molecular complexity index is 779. The van der Waals surface area contributed by atoms with Gasteiger partial charge in [-0.05, 0) is 24.1 Å². The molecule has 134 valence electrons. The second kappa shape index (κ2) is 8.73. The van der Waals surface area contributed by atoms with Crippen molar-refractivity contribution in [3.63, 3.8) is 0 Å². The number of nitrogens with zero attached hydrogens (tertiary/aromatic N) is 2. The molecule has 0 spiro atoms. The third kappa shape index (κ3) is 5.95. The van der Waals surface area contributed by atoms with Gasteiger partial charge in [-0.25, -0.2) is 12.7 Å². The van der Waals surface area contributed by atoms with Gasteiger partial charge in [-0.15, -0.1) is 0 Å². The Morgan fingerprint density at radius 1 is 1.16 bits per heavy atom. The van der Waals surface area contributed by atoms with Gasteiger partial charge in [0.2, 0.25) is 10.0 Å². The Morgan fingerprint density at radius 3 is 2.44 bits per heavy atom. The summed E-state index contributed by atoms with van der Waals surface area (Å²) in [5.41, 5.74) is 1.60. The Hall–Kier alpha value is -2.25. The van der Waals surface area contributed by atoms with Crippen LogP contribution in [0.15, 0.2) is 54.7 Å². The van der Waals surface area contributed by atoms with Crippen molar-refractivity contribution in [2.45, 2.75) is 12.8 Å². The molecule has 1 heterocycles. The topological polar surface area (TPSA) is 87.6 Å². The van der Waals surface area contributed by atoms with Crippen molar-refractivity contribution in [3.8, 4) is 0 Å². The van der Waals surface area contributed by atoms with E-state index >= 15 is 0 Å². The third-order valence-corrected chi connectivity index (χ3v) is 5.93. The molecular formula is C18H22N2O4S. The van der Waals surface area contributed by atoms with Crippen LogP contribution in [-0.4, -0.2) is 48.1 Å². The van der Waals surface area contributed by atoms with Crippen molar-refractivity contribution < 1.29 is 18.3 Å². The standard InChI is InChI=1S/C18H22N2O4S/c1-20(12-10-17-9-5-6-11-19-17)25(23,24)14-16(18(21)22)13-15-7-3-2-4-8-15/h2-9,11,16H,10,12-14H2,1H3,(H,21,22)/t16-/m1/s1. The first-order valence-corrected chi connectivity index (χ1v) is 9.60. The number of likely N-dealkylation sites (N-methyl/N-ethyl adjacent to an activating group) is 1. The number of carboxylic acids is 1. The molecular weight excluding hydrogens is 340 g/mol. The van der Waals surface area contributed by atoms with Gasteiger partial charge in [0, 0.05) is 31.9 Å². The lowest BCUT2D eigenvalue weighted by atomic mass is 10.0. The Kier molecular flexibility index (Phi) is 6.66. The van der Waals surface area contributed by atoms with Crippen LogP contribution < -0.4 is 0 Å². The SMILES string of the molecule is CN(CCc1ccccn1)S(=O)(=O)C[C@@H](Cc1ccccc1)C(=O)O. The fraction of sp³-hybridized carbons (Fsp3) is 0.333. The molecule has 2 aromatic rings. The molecule has 0 fully saturated rings. The highest BCUT2D eigenvalue weighted by atomic mass is 32.2. The number of rotatable bonds is 9. The van der Waals surface area contributed by atoms with Crippen LogP contribution in [0.1, 0.15) is 11.3 Å². The molecule has 7 heteroatoms. The molecule has 0 amide bonds. The molecule has 0 aliphatic carbocycles. The molecule has 0 aliphatic rings. The molecule has 0 unspecified atom stereocenters. The lowest BCUT2D eigenvalue weighted by Crippen LogP contribution is -2.36. The molecule has 0 radical (unpaired) electrons. The number of pyridine rings is 1. The average molecular weight is 362 g/mol. The first-order valence-electron chi connectivity index (χ1n) is 7.99. The Balaban J connectivity index is 1.99. The van der Waals surface area contributed by atoms with Crippen molar-refractivity contribution in [1.29, 1.82) is 0 Å². The van der Waals surface area contributed by atoms with Gasteiger partial charge in [0.25, 0.3) is 0 Å². The highest BCUT2D eigenvalue weighted by molar-refractivity contribution is 7.89. The number of aliphatic carboxylic acids is 1. The van der Waals surface area contributed by atoms with Gasteiger partial charge < -0.3 is 5.11 Å². The molecule has 0 aliphatic heterocycles. The van der Waals surface area contributed by atoms with Crippen molar-refractivity contribution in [2.24, 2.45) is 5.92 Å². The second-order valence-electron chi connectivity index (χ2n) is 5.90. The summed E-state index contributed by atoms with van der Waals surface area (Å²) in [4.78, 5) is 15.7. The van der Waals surface area contributed by atoms with E-state index in [4.69, 9.17) is 0 Å². The normalized spacial score (nSPS) is 12.9. The molecule has 1 aromatic carbocycles. The minimum Gasteiger partial charge on any atom is -0.481 e. The number of sulfonamides is 1. The van der Waals surface area contributed by atoms with E-state index in [1.54, 1.807) is 24.4 Å². The van der Waals surface area contributed by atoms with Crippen LogP contribution in [0.3, 0.4) is 0 Å². The number of benzene rings is 1. The van der Waals surface area contributed by atoms with Crippen LogP contribution in [0.4, 0.5) is 0 Å². The second-order valence-corrected chi connectivity index (χ2v) is 8.02. The molecule has 1 aromatic heterocycles. The first-order chi connectivity index (χ1) is 11.9. The maximum absolute atomic E-state index is 12.5. The van der Waals surface area contributed by atoms with Crippen molar-refractivity contribution >= 4 is 16.0 Å². The largest absolute Gasteiger partial charge is 0.481 e. The van der Waals surface area contributed by atoms with E-state index < -0.39 is 27.7 Å². The summed E-state index contributed by atoms with van der Waals surface area (Å²) in [6.07, 6.45) is 2.32. The van der Waals surface area contributed by atoms with E-state index in [1.165, 1.54) is 11.4 Å². The van der Waals surface area contributed by atoms with E-state index in [2.05, 4.69) is 4.98 Å². The first kappa shape index (κ1) is 19.1. The van der Waals surface area contributed by atoms with E-state index in [0.717, 1.165) is 11.3 Å². The third-order valence-electron chi connectivity index (χ3n) is 3.97. The molecule has 1 N–H and O–H groups in total. The zero-order valence-corrected chi connectivity index (χ0v) is 14.9. The summed E-state index contributed by atoms with van der Waals surface area (Å²) in [6.45, 7) is 0.261. The summed E-state index contributed by atoms with van der Waals surface area (Å²) < 4.78 is 26.2. The summed E-state index contributed by atoms with van der Waals surface area (Å²) in [5.74, 6) is -2.51. The molecule has 2 rings (SSSR count). The molecule has 0 saturated carbocycles. The maximum atomic E-state index is 12.5. The minimum absolute atomic E-state index is 0.184. The summed E-state index contributed by atoms with van der Waals surface area (Å²) >= 11 is 0. The van der Waals surface area contributed by atoms with Gasteiger partial charge in [-0.2, -0.15) is 0 Å². The van der Waals surface area contributed by atoms with Crippen LogP contribution in [0.5, 0.6) is 0 Å². The predicted molar refractivity (Wildman–Crippen MR) is 95.6 cm³/mol. The summed E-state index contributed by atoms with van der Waals surface area (Å²) in [5, 5.41) is 9.39. The highest BCUT2D eigenvalue weighted by Gasteiger charge is 2.28. The molecule has 0 bridgehead atoms. The molecule has 0 saturated heterocycles. The molecule has 25 heavy (non-hydrogen) atoms. The van der Waals surface area contributed by atoms with Gasteiger partial charge in [0.15, 0.2) is 0 Å². The van der Waals surface area contributed by atoms with Gasteiger partial charge >= 0.3 is 5.97 Å². The number of carbonyl (C=O) groups is 1. The smallest absolute Gasteiger partial charge is 0.307 e. The summed E-state index contributed by atoms with van der Waals surface area (Å²) in [6, 6.07) is 14.5. The fourth-order valence-corrected chi connectivity index (χ4v) is 3.85. The van der Waals surface area contributed by atoms with Crippen molar-refractivity contribution in [1.82, 2.24) is 9.29 Å². The van der Waals surface area contributed by atoms with Gasteiger partial charge in [0.1, 0.15) is 0 Å². The zero-order chi connectivity index (χ0) is 18.3. The summed E-state index contributed by atoms with van der Waals surface area (Å²) in [7, 11) is -2.20. The molecule has 1 atom stereocenters. The van der Waals surface area contributed by atoms with Gasteiger partial charge in [-0.3, -0.25) is 9.78 Å². The highest BCUT2D eigenvalue weighted by Crippen LogP contribution is 2.14. The van der Waals surface area contributed by atoms with E-state index in [0.29, 0.717) is 6.42 Å². The van der Waals surface area contributed by atoms with Gasteiger partial charge in [-0.1, -0.05) is 36.4 Å². The van der Waals surface area contributed by atoms with E-state index in [1.807, 2.05) is 30.3 Å². The maximum Gasteiger partial charge on any atom is 0.307 e. The van der Waals surface area contributed by atoms with Crippen LogP contribution in [0.25, 0.3) is 0 Å². The fourth-order valence-electron chi connectivity index (χ4n) is 2.45. The van der Waals surface area contributed by atoms with E-state index in [9.17, 15) is 18.3 Å². The van der Waals surface area contributed by atoms with Crippen LogP contribution in [-0.2, 0) is 27.7 Å². The number of hydrogen-bond acceptors (Lipinski definition) is 4. The Labute approximate surface area is 148 Å². The average Bonchev–Trinajstić information content (AvgIpc) is 2.60. The lowest BCUT2D eigenvalue weighted by molar-refractivity contribution is -0.140. The Morgan fingerprint density at radius 2 is 1.84 bits per heavy atom. The minimum atomic E-state index is -3.67. The van der Waals surface area contributed by atoms with Crippen LogP contribution >= 0.6 is 0 Å². The number of aromatic nitrogens is 1. The van der Waals surface area contributed by atoms with E-state index in [-0.39, 0.29) is 13.0 Å². The van der Waals surface area contributed by atoms with Gasteiger partial charge in [0.05, 0.1) is 11.7 Å². The zero-order valence-electron chi connectivity index (χ0n) is 14.1. The van der Waals surface area contributed by atoms with Crippen molar-refractivity contribution in [3.05, 3.63) is 66.0 Å². The quantitative estimate of drug-likeness (QED) is 0.735. The number of hydrogen-bond donors (Lipinski definition) is 1. The molecule has 6 nitrogen and oxygen atoms in total. The monoisotopic (exact) mass is 362 g/mol. The van der Waals surface area contributed by atoms with Crippen molar-refractivity contribution in [2.75, 3.05) is 19.3 Å². The van der Waals surface area contributed by atoms with Crippen LogP contribution in [0.2, 0.25) is 0 Å². The van der Waals surface area contributed by atoms with Crippen LogP contribution in [0, 0.1) is 5.92 Å². The predicted octanol–water partition coefficient (Wildman–Crippen LogP) is 1.83.